The molecule has 1 N–H and O–H groups in total. The molecule has 2 heterocycles. The molecule has 2 aliphatic heterocycles. The number of amides is 1. The van der Waals surface area contributed by atoms with Crippen LogP contribution >= 0.6 is 0 Å². The normalized spacial score (nSPS) is 35.4. The molecule has 0 aliphatic carbocycles. The topological polar surface area (TPSA) is 49.8 Å². The number of nitrogens with zero attached hydrogens (tertiary/aromatic N) is 1. The van der Waals surface area contributed by atoms with Gasteiger partial charge in [0.1, 0.15) is 6.17 Å². The van der Waals surface area contributed by atoms with Gasteiger partial charge in [0.05, 0.1) is 12.7 Å². The smallest absolute Gasteiger partial charge is 0.410 e. The second-order valence-electron chi connectivity index (χ2n) is 5.38. The highest BCUT2D eigenvalue weighted by molar-refractivity contribution is 5.69. The molecule has 4 nitrogen and oxygen atoms in total. The number of carbonyl (C=O) groups is 1. The number of piperidine rings is 2. The highest BCUT2D eigenvalue weighted by Crippen LogP contribution is 2.35. The Morgan fingerprint density at radius 2 is 1.94 bits per heavy atom. The number of rotatable bonds is 3. The summed E-state index contributed by atoms with van der Waals surface area (Å²) in [6.45, 7) is 2.46. The molecule has 0 spiro atoms. The van der Waals surface area contributed by atoms with Crippen LogP contribution in [0.2, 0.25) is 0 Å². The molecular weight excluding hydrogens is 237 g/mol. The van der Waals surface area contributed by atoms with Gasteiger partial charge in [0.25, 0.3) is 0 Å². The lowest BCUT2D eigenvalue weighted by atomic mass is 9.82. The molecule has 2 aliphatic rings. The van der Waals surface area contributed by atoms with Gasteiger partial charge in [0.2, 0.25) is 0 Å². The van der Waals surface area contributed by atoms with Crippen molar-refractivity contribution in [2.24, 2.45) is 0 Å². The van der Waals surface area contributed by atoms with Crippen molar-refractivity contribution in [3.8, 4) is 0 Å². The second kappa shape index (κ2) is 5.87. The lowest BCUT2D eigenvalue weighted by molar-refractivity contribution is -0.0433. The molecule has 2 bridgehead atoms. The SMILES string of the molecule is CCCCOC(=O)N1C2CC(O)CC1CC(F)C2. The van der Waals surface area contributed by atoms with E-state index in [4.69, 9.17) is 4.74 Å². The van der Waals surface area contributed by atoms with Gasteiger partial charge in [0.15, 0.2) is 0 Å². The highest BCUT2D eigenvalue weighted by atomic mass is 19.1. The number of hydrogen-bond acceptors (Lipinski definition) is 3. The largest absolute Gasteiger partial charge is 0.449 e. The van der Waals surface area contributed by atoms with E-state index >= 15 is 0 Å². The van der Waals surface area contributed by atoms with E-state index in [1.165, 1.54) is 0 Å². The van der Waals surface area contributed by atoms with E-state index in [1.54, 1.807) is 4.90 Å². The molecule has 104 valence electrons. The first kappa shape index (κ1) is 13.6. The Kier molecular flexibility index (Phi) is 4.43. The van der Waals surface area contributed by atoms with Gasteiger partial charge in [-0.25, -0.2) is 9.18 Å². The van der Waals surface area contributed by atoms with Crippen LogP contribution in [-0.4, -0.2) is 47.1 Å². The molecule has 0 saturated carbocycles. The lowest BCUT2D eigenvalue weighted by Crippen LogP contribution is -2.58. The standard InChI is InChI=1S/C13H22FNO3/c1-2-3-4-18-13(17)15-10-5-9(14)6-11(15)8-12(16)7-10/h9-12,16H,2-8H2,1H3. The molecule has 18 heavy (non-hydrogen) atoms. The van der Waals surface area contributed by atoms with Gasteiger partial charge >= 0.3 is 6.09 Å². The number of aliphatic hydroxyl groups is 1. The van der Waals surface area contributed by atoms with Crippen molar-refractivity contribution in [1.82, 2.24) is 4.90 Å². The number of ether oxygens (including phenoxy) is 1. The quantitative estimate of drug-likeness (QED) is 0.791. The maximum absolute atomic E-state index is 13.5. The number of fused-ring (bicyclic) bond motifs is 2. The van der Waals surface area contributed by atoms with E-state index in [1.807, 2.05) is 6.92 Å². The Morgan fingerprint density at radius 1 is 1.33 bits per heavy atom. The summed E-state index contributed by atoms with van der Waals surface area (Å²) in [5.41, 5.74) is 0. The van der Waals surface area contributed by atoms with E-state index in [0.717, 1.165) is 12.8 Å². The van der Waals surface area contributed by atoms with Crippen molar-refractivity contribution in [1.29, 1.82) is 0 Å². The fourth-order valence-electron chi connectivity index (χ4n) is 3.03. The molecule has 0 aromatic heterocycles. The molecule has 2 unspecified atom stereocenters. The molecule has 2 rings (SSSR count). The molecule has 5 heteroatoms. The number of carbonyl (C=O) groups excluding carboxylic acids is 1. The van der Waals surface area contributed by atoms with Crippen LogP contribution in [0.15, 0.2) is 0 Å². The van der Waals surface area contributed by atoms with E-state index in [2.05, 4.69) is 0 Å². The van der Waals surface area contributed by atoms with Crippen LogP contribution in [0.1, 0.15) is 45.4 Å². The highest BCUT2D eigenvalue weighted by Gasteiger charge is 2.44. The zero-order valence-electron chi connectivity index (χ0n) is 10.8. The Balaban J connectivity index is 1.96. The van der Waals surface area contributed by atoms with Crippen LogP contribution in [0.4, 0.5) is 9.18 Å². The predicted octanol–water partition coefficient (Wildman–Crippen LogP) is 2.25. The number of alkyl halides is 1. The van der Waals surface area contributed by atoms with Crippen LogP contribution in [0.25, 0.3) is 0 Å². The van der Waals surface area contributed by atoms with E-state index in [0.29, 0.717) is 32.3 Å². The number of aliphatic hydroxyl groups excluding tert-OH is 1. The maximum Gasteiger partial charge on any atom is 0.410 e. The minimum absolute atomic E-state index is 0.198. The second-order valence-corrected chi connectivity index (χ2v) is 5.38. The Labute approximate surface area is 107 Å². The zero-order chi connectivity index (χ0) is 13.1. The van der Waals surface area contributed by atoms with Crippen molar-refractivity contribution >= 4 is 6.09 Å². The summed E-state index contributed by atoms with van der Waals surface area (Å²) in [7, 11) is 0. The molecule has 0 aromatic carbocycles. The van der Waals surface area contributed by atoms with E-state index in [-0.39, 0.29) is 18.2 Å². The minimum Gasteiger partial charge on any atom is -0.449 e. The molecular formula is C13H22FNO3. The lowest BCUT2D eigenvalue weighted by Gasteiger charge is -2.47. The fourth-order valence-corrected chi connectivity index (χ4v) is 3.03. The summed E-state index contributed by atoms with van der Waals surface area (Å²) in [6.07, 6.45) is 1.83. The van der Waals surface area contributed by atoms with Gasteiger partial charge in [-0.2, -0.15) is 0 Å². The summed E-state index contributed by atoms with van der Waals surface area (Å²) in [5.74, 6) is 0. The van der Waals surface area contributed by atoms with Crippen LogP contribution in [-0.2, 0) is 4.74 Å². The first-order valence-electron chi connectivity index (χ1n) is 6.89. The molecule has 2 atom stereocenters. The third-order valence-corrected chi connectivity index (χ3v) is 3.86. The summed E-state index contributed by atoms with van der Waals surface area (Å²) in [6, 6.07) is -0.395. The Bertz CT molecular complexity index is 270. The predicted molar refractivity (Wildman–Crippen MR) is 65.0 cm³/mol. The van der Waals surface area contributed by atoms with Crippen molar-refractivity contribution in [2.75, 3.05) is 6.61 Å². The number of unbranched alkanes of at least 4 members (excludes halogenated alkanes) is 1. The Morgan fingerprint density at radius 3 is 2.50 bits per heavy atom. The van der Waals surface area contributed by atoms with Crippen LogP contribution < -0.4 is 0 Å². The van der Waals surface area contributed by atoms with Crippen molar-refractivity contribution in [3.63, 3.8) is 0 Å². The van der Waals surface area contributed by atoms with Crippen molar-refractivity contribution in [3.05, 3.63) is 0 Å². The third kappa shape index (κ3) is 2.94. The van der Waals surface area contributed by atoms with Crippen LogP contribution in [0, 0.1) is 0 Å². The monoisotopic (exact) mass is 259 g/mol. The first-order valence-corrected chi connectivity index (χ1v) is 6.89. The summed E-state index contributed by atoms with van der Waals surface area (Å²) in [4.78, 5) is 13.7. The first-order chi connectivity index (χ1) is 8.61. The van der Waals surface area contributed by atoms with Gasteiger partial charge in [-0.15, -0.1) is 0 Å². The van der Waals surface area contributed by atoms with Crippen molar-refractivity contribution in [2.45, 2.75) is 69.8 Å². The summed E-state index contributed by atoms with van der Waals surface area (Å²) in [5, 5.41) is 9.71. The maximum atomic E-state index is 13.5. The van der Waals surface area contributed by atoms with Crippen LogP contribution in [0.5, 0.6) is 0 Å². The average Bonchev–Trinajstić information content (AvgIpc) is 2.27. The van der Waals surface area contributed by atoms with Gasteiger partial charge in [-0.3, -0.25) is 0 Å². The molecule has 2 fully saturated rings. The molecule has 0 radical (unpaired) electrons. The molecule has 1 amide bonds. The van der Waals surface area contributed by atoms with E-state index in [9.17, 15) is 14.3 Å². The van der Waals surface area contributed by atoms with Gasteiger partial charge in [0, 0.05) is 12.1 Å². The van der Waals surface area contributed by atoms with Crippen molar-refractivity contribution < 1.29 is 19.0 Å². The third-order valence-electron chi connectivity index (χ3n) is 3.86. The van der Waals surface area contributed by atoms with Crippen LogP contribution in [0.3, 0.4) is 0 Å². The Hall–Kier alpha value is -0.840. The fraction of sp³-hybridized carbons (Fsp3) is 0.923. The zero-order valence-corrected chi connectivity index (χ0v) is 10.8. The summed E-state index contributed by atoms with van der Waals surface area (Å²) >= 11 is 0. The minimum atomic E-state index is -0.854. The average molecular weight is 259 g/mol. The molecule has 2 saturated heterocycles. The van der Waals surface area contributed by atoms with Gasteiger partial charge in [-0.1, -0.05) is 13.3 Å². The number of halogens is 1. The van der Waals surface area contributed by atoms with Gasteiger partial charge in [-0.05, 0) is 32.1 Å². The number of hydrogen-bond donors (Lipinski definition) is 1. The molecule has 0 aromatic rings. The summed E-state index contributed by atoms with van der Waals surface area (Å²) < 4.78 is 18.7. The van der Waals surface area contributed by atoms with Gasteiger partial charge < -0.3 is 14.7 Å². The van der Waals surface area contributed by atoms with E-state index < -0.39 is 12.3 Å².